The van der Waals surface area contributed by atoms with E-state index in [-0.39, 0.29) is 23.8 Å². The molecule has 1 aromatic heterocycles. The summed E-state index contributed by atoms with van der Waals surface area (Å²) in [6.07, 6.45) is -4.22. The maximum atomic E-state index is 12.6. The molecule has 0 bridgehead atoms. The molecule has 2 heterocycles. The number of nitrogens with zero attached hydrogens (tertiary/aromatic N) is 2. The van der Waals surface area contributed by atoms with Crippen LogP contribution in [0.25, 0.3) is 0 Å². The van der Waals surface area contributed by atoms with Crippen molar-refractivity contribution in [2.75, 3.05) is 6.54 Å². The van der Waals surface area contributed by atoms with Crippen LogP contribution in [0.3, 0.4) is 0 Å². The Hall–Kier alpha value is -2.35. The van der Waals surface area contributed by atoms with Crippen molar-refractivity contribution < 1.29 is 17.9 Å². The molecule has 1 N–H and O–H groups in total. The second-order valence-corrected chi connectivity index (χ2v) is 6.65. The largest absolute Gasteiger partial charge is 0.573 e. The van der Waals surface area contributed by atoms with Crippen LogP contribution in [0.5, 0.6) is 5.75 Å². The Labute approximate surface area is 148 Å². The van der Waals surface area contributed by atoms with Gasteiger partial charge in [0.2, 0.25) is 0 Å². The Morgan fingerprint density at radius 3 is 2.73 bits per heavy atom. The number of nitrogens with one attached hydrogen (secondary N) is 1. The molecule has 0 radical (unpaired) electrons. The maximum Gasteiger partial charge on any atom is 0.573 e. The molecule has 0 fully saturated rings. The highest BCUT2D eigenvalue weighted by molar-refractivity contribution is 5.34. The van der Waals surface area contributed by atoms with Crippen LogP contribution < -0.4 is 10.3 Å². The smallest absolute Gasteiger partial charge is 0.405 e. The molecule has 3 rings (SSSR count). The highest BCUT2D eigenvalue weighted by Crippen LogP contribution is 2.28. The zero-order valence-electron chi connectivity index (χ0n) is 14.6. The number of hydrogen-bond donors (Lipinski definition) is 1. The number of alkyl halides is 3. The average molecular weight is 367 g/mol. The van der Waals surface area contributed by atoms with E-state index in [4.69, 9.17) is 0 Å². The van der Waals surface area contributed by atoms with Crippen LogP contribution in [0.2, 0.25) is 0 Å². The highest BCUT2D eigenvalue weighted by Gasteiger charge is 2.32. The molecule has 1 aliphatic rings. The monoisotopic (exact) mass is 367 g/mol. The summed E-state index contributed by atoms with van der Waals surface area (Å²) in [5.41, 5.74) is 1.67. The molecule has 0 saturated heterocycles. The Morgan fingerprint density at radius 2 is 2.04 bits per heavy atom. The molecule has 0 spiro atoms. The van der Waals surface area contributed by atoms with Crippen LogP contribution in [-0.4, -0.2) is 27.8 Å². The van der Waals surface area contributed by atoms with Crippen molar-refractivity contribution in [1.82, 2.24) is 14.9 Å². The van der Waals surface area contributed by atoms with Crippen LogP contribution >= 0.6 is 0 Å². The van der Waals surface area contributed by atoms with Gasteiger partial charge < -0.3 is 9.72 Å². The minimum Gasteiger partial charge on any atom is -0.405 e. The fraction of sp³-hybridized carbons (Fsp3) is 0.444. The van der Waals surface area contributed by atoms with E-state index in [0.29, 0.717) is 42.2 Å². The molecule has 0 saturated carbocycles. The first-order valence-electron chi connectivity index (χ1n) is 8.41. The molecule has 2 aromatic rings. The summed E-state index contributed by atoms with van der Waals surface area (Å²) in [5, 5.41) is 0. The van der Waals surface area contributed by atoms with E-state index in [9.17, 15) is 18.0 Å². The van der Waals surface area contributed by atoms with E-state index < -0.39 is 6.36 Å². The van der Waals surface area contributed by atoms with Crippen molar-refractivity contribution in [3.8, 4) is 5.75 Å². The number of benzene rings is 1. The number of aromatic nitrogens is 2. The van der Waals surface area contributed by atoms with E-state index in [2.05, 4.69) is 14.7 Å². The lowest BCUT2D eigenvalue weighted by Crippen LogP contribution is -2.35. The van der Waals surface area contributed by atoms with E-state index in [1.54, 1.807) is 12.1 Å². The van der Waals surface area contributed by atoms with Gasteiger partial charge in [0.15, 0.2) is 0 Å². The standard InChI is InChI=1S/C18H20F3N3O2/c1-11(2)16-22-14-10-24(8-7-13(14)17(25)23-16)9-12-5-3-4-6-15(12)26-18(19,20)21/h3-6,11H,7-10H2,1-2H3,(H,22,23,25). The van der Waals surface area contributed by atoms with Crippen molar-refractivity contribution in [3.05, 3.63) is 57.3 Å². The summed E-state index contributed by atoms with van der Waals surface area (Å²) in [7, 11) is 0. The molecule has 1 aromatic carbocycles. The summed E-state index contributed by atoms with van der Waals surface area (Å²) in [5.74, 6) is 0.508. The third kappa shape index (κ3) is 4.24. The Morgan fingerprint density at radius 1 is 1.31 bits per heavy atom. The fourth-order valence-corrected chi connectivity index (χ4v) is 3.02. The van der Waals surface area contributed by atoms with Gasteiger partial charge in [-0.2, -0.15) is 0 Å². The normalized spacial score (nSPS) is 15.2. The molecular weight excluding hydrogens is 347 g/mol. The lowest BCUT2D eigenvalue weighted by atomic mass is 10.0. The number of aromatic amines is 1. The lowest BCUT2D eigenvalue weighted by Gasteiger charge is -2.28. The van der Waals surface area contributed by atoms with Gasteiger partial charge in [0, 0.05) is 36.7 Å². The minimum atomic E-state index is -4.73. The van der Waals surface area contributed by atoms with Gasteiger partial charge in [0.25, 0.3) is 5.56 Å². The second kappa shape index (κ2) is 7.11. The highest BCUT2D eigenvalue weighted by atomic mass is 19.4. The van der Waals surface area contributed by atoms with Crippen LogP contribution in [0.4, 0.5) is 13.2 Å². The number of ether oxygens (including phenoxy) is 1. The van der Waals surface area contributed by atoms with Gasteiger partial charge >= 0.3 is 6.36 Å². The fourth-order valence-electron chi connectivity index (χ4n) is 3.02. The van der Waals surface area contributed by atoms with Gasteiger partial charge in [-0.05, 0) is 12.5 Å². The van der Waals surface area contributed by atoms with Gasteiger partial charge in [0.1, 0.15) is 11.6 Å². The van der Waals surface area contributed by atoms with E-state index in [1.165, 1.54) is 12.1 Å². The number of hydrogen-bond acceptors (Lipinski definition) is 4. The third-order valence-corrected chi connectivity index (χ3v) is 4.31. The van der Waals surface area contributed by atoms with E-state index in [0.717, 1.165) is 0 Å². The molecule has 1 aliphatic heterocycles. The molecule has 8 heteroatoms. The van der Waals surface area contributed by atoms with Crippen molar-refractivity contribution in [1.29, 1.82) is 0 Å². The molecule has 5 nitrogen and oxygen atoms in total. The first kappa shape index (κ1) is 18.4. The number of fused-ring (bicyclic) bond motifs is 1. The van der Waals surface area contributed by atoms with E-state index in [1.807, 2.05) is 18.7 Å². The number of halogens is 3. The van der Waals surface area contributed by atoms with Crippen LogP contribution in [0.1, 0.15) is 42.4 Å². The summed E-state index contributed by atoms with van der Waals surface area (Å²) in [6, 6.07) is 6.10. The van der Waals surface area contributed by atoms with E-state index >= 15 is 0 Å². The molecule has 26 heavy (non-hydrogen) atoms. The predicted octanol–water partition coefficient (Wildman–Crippen LogP) is 3.35. The summed E-state index contributed by atoms with van der Waals surface area (Å²) in [6.45, 7) is 5.15. The predicted molar refractivity (Wildman–Crippen MR) is 89.9 cm³/mol. The van der Waals surface area contributed by atoms with Crippen LogP contribution in [-0.2, 0) is 19.5 Å². The third-order valence-electron chi connectivity index (χ3n) is 4.31. The van der Waals surface area contributed by atoms with Gasteiger partial charge in [-0.25, -0.2) is 4.98 Å². The second-order valence-electron chi connectivity index (χ2n) is 6.65. The van der Waals surface area contributed by atoms with Gasteiger partial charge in [-0.15, -0.1) is 13.2 Å². The SMILES string of the molecule is CC(C)c1nc2c(c(=O)[nH]1)CCN(Cc1ccccc1OC(F)(F)F)C2. The Balaban J connectivity index is 1.81. The molecule has 0 aliphatic carbocycles. The average Bonchev–Trinajstić information content (AvgIpc) is 2.55. The summed E-state index contributed by atoms with van der Waals surface area (Å²) < 4.78 is 41.8. The quantitative estimate of drug-likeness (QED) is 0.900. The van der Waals surface area contributed by atoms with Gasteiger partial charge in [-0.3, -0.25) is 9.69 Å². The van der Waals surface area contributed by atoms with Gasteiger partial charge in [0.05, 0.1) is 5.69 Å². The zero-order chi connectivity index (χ0) is 18.9. The van der Waals surface area contributed by atoms with Crippen LogP contribution in [0, 0.1) is 0 Å². The Kier molecular flexibility index (Phi) is 5.04. The number of rotatable bonds is 4. The molecule has 140 valence electrons. The molecular formula is C18H20F3N3O2. The number of H-pyrrole nitrogens is 1. The Bertz CT molecular complexity index is 846. The zero-order valence-corrected chi connectivity index (χ0v) is 14.6. The lowest BCUT2D eigenvalue weighted by molar-refractivity contribution is -0.275. The van der Waals surface area contributed by atoms with Crippen molar-refractivity contribution in [2.24, 2.45) is 0 Å². The molecule has 0 atom stereocenters. The minimum absolute atomic E-state index is 0.0873. The number of para-hydroxylation sites is 1. The van der Waals surface area contributed by atoms with Gasteiger partial charge in [-0.1, -0.05) is 32.0 Å². The maximum absolute atomic E-state index is 12.6. The first-order chi connectivity index (χ1) is 12.2. The molecule has 0 amide bonds. The van der Waals surface area contributed by atoms with Crippen LogP contribution in [0.15, 0.2) is 29.1 Å². The summed E-state index contributed by atoms with van der Waals surface area (Å²) in [4.78, 5) is 21.5. The van der Waals surface area contributed by atoms with Crippen molar-refractivity contribution in [3.63, 3.8) is 0 Å². The molecule has 0 unspecified atom stereocenters. The summed E-state index contributed by atoms with van der Waals surface area (Å²) >= 11 is 0. The van der Waals surface area contributed by atoms with Crippen molar-refractivity contribution >= 4 is 0 Å². The van der Waals surface area contributed by atoms with Crippen molar-refractivity contribution in [2.45, 2.75) is 45.6 Å². The topological polar surface area (TPSA) is 58.2 Å². The first-order valence-corrected chi connectivity index (χ1v) is 8.41.